The van der Waals surface area contributed by atoms with Crippen molar-refractivity contribution in [1.29, 1.82) is 0 Å². The van der Waals surface area contributed by atoms with Gasteiger partial charge in [-0.2, -0.15) is 5.10 Å². The van der Waals surface area contributed by atoms with Crippen molar-refractivity contribution in [1.82, 2.24) is 29.8 Å². The van der Waals surface area contributed by atoms with Crippen LogP contribution in [-0.2, 0) is 18.4 Å². The lowest BCUT2D eigenvalue weighted by atomic mass is 10.2. The first-order valence-corrected chi connectivity index (χ1v) is 11.0. The highest BCUT2D eigenvalue weighted by Gasteiger charge is 2.30. The Hall–Kier alpha value is -1.36. The van der Waals surface area contributed by atoms with Gasteiger partial charge < -0.3 is 15.1 Å². The number of likely N-dealkylation sites (tertiary alicyclic amines) is 1. The average molecular weight is 531 g/mol. The average Bonchev–Trinajstić information content (AvgIpc) is 3.34. The molecular formula is C21H38IN7O. The fraction of sp³-hybridized carbons (Fsp3) is 0.762. The van der Waals surface area contributed by atoms with E-state index in [1.54, 1.807) is 0 Å². The molecule has 2 aliphatic heterocycles. The molecule has 3 rings (SSSR count). The SMILES string of the molecule is CCNC(=NCc1c(C)nn(C)c1C)N1CCN(C(C)C(=O)N2CCCC2)CC1.I. The fourth-order valence-electron chi connectivity index (χ4n) is 4.31. The molecule has 8 nitrogen and oxygen atoms in total. The second-order valence-corrected chi connectivity index (χ2v) is 8.17. The number of hydrogen-bond donors (Lipinski definition) is 1. The van der Waals surface area contributed by atoms with Crippen LogP contribution in [0.3, 0.4) is 0 Å². The van der Waals surface area contributed by atoms with E-state index in [0.29, 0.717) is 12.5 Å². The number of carbonyl (C=O) groups excluding carboxylic acids is 1. The topological polar surface area (TPSA) is 69.0 Å². The van der Waals surface area contributed by atoms with Crippen LogP contribution in [0.15, 0.2) is 4.99 Å². The van der Waals surface area contributed by atoms with Gasteiger partial charge in [0.1, 0.15) is 0 Å². The van der Waals surface area contributed by atoms with E-state index in [2.05, 4.69) is 41.0 Å². The van der Waals surface area contributed by atoms with Gasteiger partial charge in [0, 0.05) is 64.1 Å². The highest BCUT2D eigenvalue weighted by atomic mass is 127. The molecule has 3 heterocycles. The van der Waals surface area contributed by atoms with E-state index in [1.807, 2.05) is 23.6 Å². The molecule has 9 heteroatoms. The van der Waals surface area contributed by atoms with Gasteiger partial charge in [-0.15, -0.1) is 24.0 Å². The Morgan fingerprint density at radius 3 is 2.27 bits per heavy atom. The minimum Gasteiger partial charge on any atom is -0.357 e. The van der Waals surface area contributed by atoms with Crippen molar-refractivity contribution in [3.8, 4) is 0 Å². The second-order valence-electron chi connectivity index (χ2n) is 8.17. The Labute approximate surface area is 198 Å². The molecular weight excluding hydrogens is 493 g/mol. The van der Waals surface area contributed by atoms with Crippen LogP contribution in [0.2, 0.25) is 0 Å². The molecule has 30 heavy (non-hydrogen) atoms. The molecule has 0 spiro atoms. The van der Waals surface area contributed by atoms with Crippen LogP contribution in [-0.4, -0.2) is 88.2 Å². The van der Waals surface area contributed by atoms with Gasteiger partial charge in [0.05, 0.1) is 18.3 Å². The molecule has 0 saturated carbocycles. The van der Waals surface area contributed by atoms with Gasteiger partial charge in [-0.3, -0.25) is 14.4 Å². The number of carbonyl (C=O) groups is 1. The van der Waals surface area contributed by atoms with Gasteiger partial charge in [-0.05, 0) is 40.5 Å². The summed E-state index contributed by atoms with van der Waals surface area (Å²) in [5.41, 5.74) is 3.41. The zero-order valence-electron chi connectivity index (χ0n) is 19.1. The van der Waals surface area contributed by atoms with E-state index in [-0.39, 0.29) is 30.0 Å². The highest BCUT2D eigenvalue weighted by molar-refractivity contribution is 14.0. The van der Waals surface area contributed by atoms with Gasteiger partial charge in [0.25, 0.3) is 0 Å². The Morgan fingerprint density at radius 1 is 1.10 bits per heavy atom. The van der Waals surface area contributed by atoms with Crippen LogP contribution in [0.4, 0.5) is 0 Å². The first kappa shape index (κ1) is 24.9. The number of amides is 1. The van der Waals surface area contributed by atoms with Crippen LogP contribution >= 0.6 is 24.0 Å². The monoisotopic (exact) mass is 531 g/mol. The summed E-state index contributed by atoms with van der Waals surface area (Å²) in [7, 11) is 1.98. The van der Waals surface area contributed by atoms with Crippen molar-refractivity contribution < 1.29 is 4.79 Å². The number of halogens is 1. The van der Waals surface area contributed by atoms with Gasteiger partial charge in [-0.1, -0.05) is 0 Å². The number of hydrogen-bond acceptors (Lipinski definition) is 4. The number of aryl methyl sites for hydroxylation is 2. The number of rotatable bonds is 5. The van der Waals surface area contributed by atoms with Crippen LogP contribution in [0, 0.1) is 13.8 Å². The van der Waals surface area contributed by atoms with E-state index in [9.17, 15) is 4.79 Å². The van der Waals surface area contributed by atoms with Crippen molar-refractivity contribution in [2.45, 2.75) is 53.1 Å². The third-order valence-electron chi connectivity index (χ3n) is 6.32. The number of aliphatic imine (C=N–C) groups is 1. The van der Waals surface area contributed by atoms with Crippen molar-refractivity contribution in [2.24, 2.45) is 12.0 Å². The quantitative estimate of drug-likeness (QED) is 0.357. The molecule has 1 N–H and O–H groups in total. The van der Waals surface area contributed by atoms with Gasteiger partial charge >= 0.3 is 0 Å². The maximum absolute atomic E-state index is 12.7. The molecule has 1 unspecified atom stereocenters. The predicted octanol–water partition coefficient (Wildman–Crippen LogP) is 1.75. The molecule has 2 aliphatic rings. The van der Waals surface area contributed by atoms with Crippen molar-refractivity contribution in [2.75, 3.05) is 45.8 Å². The number of piperazine rings is 1. The maximum Gasteiger partial charge on any atom is 0.239 e. The lowest BCUT2D eigenvalue weighted by Crippen LogP contribution is -2.57. The minimum atomic E-state index is -0.0320. The lowest BCUT2D eigenvalue weighted by molar-refractivity contribution is -0.135. The highest BCUT2D eigenvalue weighted by Crippen LogP contribution is 2.15. The van der Waals surface area contributed by atoms with E-state index in [4.69, 9.17) is 4.99 Å². The molecule has 170 valence electrons. The lowest BCUT2D eigenvalue weighted by Gasteiger charge is -2.39. The van der Waals surface area contributed by atoms with E-state index >= 15 is 0 Å². The summed E-state index contributed by atoms with van der Waals surface area (Å²) >= 11 is 0. The van der Waals surface area contributed by atoms with Crippen LogP contribution in [0.5, 0.6) is 0 Å². The molecule has 1 aromatic rings. The number of nitrogens with one attached hydrogen (secondary N) is 1. The van der Waals surface area contributed by atoms with Crippen LogP contribution in [0.25, 0.3) is 0 Å². The molecule has 0 aromatic carbocycles. The van der Waals surface area contributed by atoms with Crippen molar-refractivity contribution in [3.05, 3.63) is 17.0 Å². The Kier molecular flexibility index (Phi) is 9.39. The molecule has 2 fully saturated rings. The molecule has 0 bridgehead atoms. The smallest absolute Gasteiger partial charge is 0.239 e. The van der Waals surface area contributed by atoms with Gasteiger partial charge in [0.15, 0.2) is 5.96 Å². The molecule has 0 radical (unpaired) electrons. The number of guanidine groups is 1. The van der Waals surface area contributed by atoms with Gasteiger partial charge in [0.2, 0.25) is 5.91 Å². The maximum atomic E-state index is 12.7. The van der Waals surface area contributed by atoms with Crippen LogP contribution < -0.4 is 5.32 Å². The predicted molar refractivity (Wildman–Crippen MR) is 131 cm³/mol. The normalized spacial score (nSPS) is 19.0. The third kappa shape index (κ3) is 5.66. The summed E-state index contributed by atoms with van der Waals surface area (Å²) < 4.78 is 1.92. The largest absolute Gasteiger partial charge is 0.357 e. The van der Waals surface area contributed by atoms with Crippen molar-refractivity contribution in [3.63, 3.8) is 0 Å². The third-order valence-corrected chi connectivity index (χ3v) is 6.32. The van der Waals surface area contributed by atoms with E-state index < -0.39 is 0 Å². The van der Waals surface area contributed by atoms with Crippen LogP contribution in [0.1, 0.15) is 43.6 Å². The summed E-state index contributed by atoms with van der Waals surface area (Å²) in [5, 5.41) is 7.93. The Balaban J connectivity index is 0.00000320. The fourth-order valence-corrected chi connectivity index (χ4v) is 4.31. The molecule has 1 atom stereocenters. The standard InChI is InChI=1S/C21H37N7O.HI/c1-6-22-21(23-15-19-16(2)24-25(5)17(19)3)28-13-11-26(12-14-28)18(4)20(29)27-9-7-8-10-27;/h18H,6-15H2,1-5H3,(H,22,23);1H. The van der Waals surface area contributed by atoms with E-state index in [0.717, 1.165) is 70.3 Å². The van der Waals surface area contributed by atoms with Crippen molar-refractivity contribution >= 4 is 35.8 Å². The number of aromatic nitrogens is 2. The summed E-state index contributed by atoms with van der Waals surface area (Å²) in [4.78, 5) is 24.3. The minimum absolute atomic E-state index is 0. The summed E-state index contributed by atoms with van der Waals surface area (Å²) in [6.07, 6.45) is 2.29. The second kappa shape index (κ2) is 11.3. The summed E-state index contributed by atoms with van der Waals surface area (Å²) in [6, 6.07) is -0.0320. The van der Waals surface area contributed by atoms with E-state index in [1.165, 1.54) is 11.3 Å². The molecule has 1 amide bonds. The number of nitrogens with zero attached hydrogens (tertiary/aromatic N) is 6. The zero-order valence-corrected chi connectivity index (χ0v) is 21.5. The molecule has 1 aromatic heterocycles. The Bertz CT molecular complexity index is 734. The van der Waals surface area contributed by atoms with Gasteiger partial charge in [-0.25, -0.2) is 4.99 Å². The molecule has 2 saturated heterocycles. The Morgan fingerprint density at radius 2 is 1.73 bits per heavy atom. The molecule has 0 aliphatic carbocycles. The zero-order chi connectivity index (χ0) is 21.0. The first-order valence-electron chi connectivity index (χ1n) is 11.0. The first-order chi connectivity index (χ1) is 13.9. The summed E-state index contributed by atoms with van der Waals surface area (Å²) in [5.74, 6) is 1.24. The summed E-state index contributed by atoms with van der Waals surface area (Å²) in [6.45, 7) is 15.2.